The highest BCUT2D eigenvalue weighted by Crippen LogP contribution is 2.47. The Morgan fingerprint density at radius 3 is 2.61 bits per heavy atom. The average molecular weight is 1200 g/mol. The van der Waals surface area contributed by atoms with Gasteiger partial charge >= 0.3 is 18.1 Å². The van der Waals surface area contributed by atoms with E-state index in [9.17, 15) is 34.8 Å². The molecular formula is C59H56ClF2N13O9S. The number of hydrogen-bond donors (Lipinski definition) is 4. The van der Waals surface area contributed by atoms with Crippen LogP contribution in [0.2, 0.25) is 5.02 Å². The number of thiophene rings is 1. The summed E-state index contributed by atoms with van der Waals surface area (Å²) in [6.45, 7) is 8.37. The molecule has 0 aliphatic carbocycles. The SMILES string of the molecule is C=C(COC(=O)NC(N)=NCCOc1ccc2nc3c(c(CC)c2c1)Cn1c-3cc2c(c1=O)COC(=O)[C@]2(O)CC)C(=O)N1CCN(c2nc(OC[C@@H]3CCCN3C)nc3c(F)c(-c4ccc(F)c5sc(N)c(C#N)c45)c(Cl)cc23)C[C@@H]1CC#N. The molecule has 438 valence electrons. The molecule has 0 spiro atoms. The molecule has 26 heteroatoms. The highest BCUT2D eigenvalue weighted by Gasteiger charge is 2.46. The van der Waals surface area contributed by atoms with Gasteiger partial charge in [-0.2, -0.15) is 20.5 Å². The number of amides is 2. The number of halogens is 3. The van der Waals surface area contributed by atoms with Crippen molar-refractivity contribution in [2.45, 2.75) is 76.8 Å². The molecule has 6 N–H and O–H groups in total. The van der Waals surface area contributed by atoms with Crippen LogP contribution in [-0.2, 0) is 44.2 Å². The molecule has 7 aromatic rings. The molecular weight excluding hydrogens is 1140 g/mol. The van der Waals surface area contributed by atoms with Crippen molar-refractivity contribution in [2.24, 2.45) is 10.7 Å². The summed E-state index contributed by atoms with van der Waals surface area (Å²) in [5.41, 5.74) is 13.6. The Kier molecular flexibility index (Phi) is 15.8. The number of esters is 1. The number of alkyl carbamates (subject to hydrolysis) is 1. The number of aliphatic imine (C=N–C) groups is 1. The molecule has 2 saturated heterocycles. The lowest BCUT2D eigenvalue weighted by Gasteiger charge is -2.41. The van der Waals surface area contributed by atoms with Gasteiger partial charge in [0.15, 0.2) is 17.4 Å². The predicted molar refractivity (Wildman–Crippen MR) is 313 cm³/mol. The molecule has 4 aliphatic heterocycles. The Hall–Kier alpha value is -9.01. The number of nitriles is 2. The van der Waals surface area contributed by atoms with Gasteiger partial charge in [0.25, 0.3) is 11.5 Å². The Morgan fingerprint density at radius 2 is 1.87 bits per heavy atom. The highest BCUT2D eigenvalue weighted by molar-refractivity contribution is 7.23. The van der Waals surface area contributed by atoms with Crippen molar-refractivity contribution in [3.63, 3.8) is 0 Å². The summed E-state index contributed by atoms with van der Waals surface area (Å²) < 4.78 is 56.8. The smallest absolute Gasteiger partial charge is 0.414 e. The van der Waals surface area contributed by atoms with E-state index in [2.05, 4.69) is 32.8 Å². The minimum atomic E-state index is -1.94. The van der Waals surface area contributed by atoms with E-state index in [0.717, 1.165) is 53.3 Å². The number of ether oxygens (including phenoxy) is 4. The summed E-state index contributed by atoms with van der Waals surface area (Å²) in [6, 6.07) is 14.3. The number of aliphatic hydroxyl groups is 1. The number of aromatic nitrogens is 4. The maximum atomic E-state index is 17.3. The molecule has 4 aliphatic rings. The number of carbonyl (C=O) groups excluding carboxylic acids is 3. The van der Waals surface area contributed by atoms with Crippen LogP contribution in [0.5, 0.6) is 11.8 Å². The lowest BCUT2D eigenvalue weighted by atomic mass is 9.86. The maximum Gasteiger partial charge on any atom is 0.414 e. The molecule has 11 rings (SSSR count). The first kappa shape index (κ1) is 57.8. The zero-order valence-corrected chi connectivity index (χ0v) is 48.0. The molecule has 3 aromatic carbocycles. The lowest BCUT2D eigenvalue weighted by molar-refractivity contribution is -0.172. The third-order valence-electron chi connectivity index (χ3n) is 16.2. The number of likely N-dealkylation sites (tertiary alicyclic amines) is 1. The molecule has 0 unspecified atom stereocenters. The van der Waals surface area contributed by atoms with Crippen molar-refractivity contribution >= 4 is 89.6 Å². The maximum absolute atomic E-state index is 17.3. The molecule has 0 bridgehead atoms. The highest BCUT2D eigenvalue weighted by atomic mass is 35.5. The van der Waals surface area contributed by atoms with E-state index in [1.165, 1.54) is 17.0 Å². The first-order chi connectivity index (χ1) is 40.9. The topological polar surface area (TPSA) is 303 Å². The third-order valence-corrected chi connectivity index (χ3v) is 17.5. The number of benzene rings is 3. The van der Waals surface area contributed by atoms with Crippen LogP contribution < -0.4 is 36.7 Å². The van der Waals surface area contributed by atoms with E-state index in [-0.39, 0.29) is 159 Å². The molecule has 4 aromatic heterocycles. The molecule has 85 heavy (non-hydrogen) atoms. The summed E-state index contributed by atoms with van der Waals surface area (Å²) in [5, 5.41) is 34.7. The number of aryl methyl sites for hydroxylation is 1. The number of nitrogen functional groups attached to an aromatic ring is 1. The number of anilines is 2. The number of nitrogens with zero attached hydrogens (tertiary/aromatic N) is 10. The van der Waals surface area contributed by atoms with E-state index in [4.69, 9.17) is 52.0 Å². The number of nitrogens with one attached hydrogen (secondary N) is 1. The summed E-state index contributed by atoms with van der Waals surface area (Å²) in [5.74, 6) is -2.47. The van der Waals surface area contributed by atoms with E-state index in [1.54, 1.807) is 34.6 Å². The van der Waals surface area contributed by atoms with Gasteiger partial charge < -0.3 is 54.8 Å². The number of nitrogens with two attached hydrogens (primary N) is 2. The van der Waals surface area contributed by atoms with Crippen LogP contribution in [0.25, 0.3) is 54.4 Å². The van der Waals surface area contributed by atoms with Crippen molar-refractivity contribution in [1.82, 2.24) is 34.6 Å². The standard InChI is InChI=1S/C59H56ClF2N13O9S/c1-5-33-35-20-32(9-12-43(35)68-48-38(33)25-75-44(48)22-40-39(54(75)77)28-82-55(78)59(40,80)6-2)81-19-15-67-56(66)71-58(79)84-26-29(3)53(76)74-18-17-73(24-30(74)13-14-63)52-36-21-41(60)46(34-10-11-42(61)50-45(34)37(23-64)51(65)85-50)47(62)49(36)69-57(70-52)83-27-31-8-7-16-72(31)4/h9-12,20-22,30-31,80H,3,5-8,13,15-19,24-28,65H2,1-2,4H3,(H3,66,67,71,79)/t30-,31-,59-/m0/s1. The second-order valence-corrected chi connectivity index (χ2v) is 22.5. The van der Waals surface area contributed by atoms with Crippen LogP contribution in [0, 0.1) is 34.3 Å². The van der Waals surface area contributed by atoms with Gasteiger partial charge in [0.2, 0.25) is 0 Å². The van der Waals surface area contributed by atoms with Gasteiger partial charge in [-0.25, -0.2) is 28.3 Å². The lowest BCUT2D eigenvalue weighted by Crippen LogP contribution is -2.56. The minimum Gasteiger partial charge on any atom is -0.492 e. The fraction of sp³-hybridized carbons (Fsp3) is 0.356. The fourth-order valence-electron chi connectivity index (χ4n) is 11.7. The predicted octanol–water partition coefficient (Wildman–Crippen LogP) is 6.93. The number of carbonyl (C=O) groups is 3. The number of likely N-dealkylation sites (N-methyl/N-ethyl adjacent to an activating group) is 1. The molecule has 0 saturated carbocycles. The van der Waals surface area contributed by atoms with E-state index in [0.29, 0.717) is 29.1 Å². The third kappa shape index (κ3) is 10.4. The molecule has 2 amide bonds. The molecule has 8 heterocycles. The van der Waals surface area contributed by atoms with Gasteiger partial charge in [-0.3, -0.25) is 14.9 Å². The second kappa shape index (κ2) is 23.2. The van der Waals surface area contributed by atoms with Crippen LogP contribution in [0.15, 0.2) is 64.4 Å². The summed E-state index contributed by atoms with van der Waals surface area (Å²) in [4.78, 5) is 77.1. The Morgan fingerprint density at radius 1 is 1.06 bits per heavy atom. The van der Waals surface area contributed by atoms with Crippen LogP contribution in [-0.4, -0.2) is 130 Å². The van der Waals surface area contributed by atoms with Gasteiger partial charge in [0, 0.05) is 64.1 Å². The molecule has 3 atom stereocenters. The van der Waals surface area contributed by atoms with Gasteiger partial charge in [-0.05, 0) is 86.8 Å². The van der Waals surface area contributed by atoms with Crippen molar-refractivity contribution in [3.8, 4) is 46.4 Å². The summed E-state index contributed by atoms with van der Waals surface area (Å²) >= 11 is 7.80. The monoisotopic (exact) mass is 1200 g/mol. The number of cyclic esters (lactones) is 1. The minimum absolute atomic E-state index is 0.0184. The van der Waals surface area contributed by atoms with Crippen molar-refractivity contribution in [1.29, 1.82) is 10.5 Å². The van der Waals surface area contributed by atoms with Gasteiger partial charge in [0.05, 0.1) is 69.4 Å². The molecule has 22 nitrogen and oxygen atoms in total. The number of fused-ring (bicyclic) bond motifs is 7. The second-order valence-electron chi connectivity index (χ2n) is 21.0. The zero-order valence-electron chi connectivity index (χ0n) is 46.4. The average Bonchev–Trinajstić information content (AvgIpc) is 3.55. The van der Waals surface area contributed by atoms with Gasteiger partial charge in [-0.15, -0.1) is 11.3 Å². The Bertz CT molecular complexity index is 4160. The van der Waals surface area contributed by atoms with Crippen LogP contribution in [0.1, 0.15) is 67.3 Å². The Labute approximate surface area is 493 Å². The van der Waals surface area contributed by atoms with Crippen molar-refractivity contribution in [2.75, 3.05) is 70.2 Å². The first-order valence-electron chi connectivity index (χ1n) is 27.4. The number of rotatable bonds is 15. The van der Waals surface area contributed by atoms with Crippen LogP contribution >= 0.6 is 22.9 Å². The van der Waals surface area contributed by atoms with Crippen molar-refractivity contribution in [3.05, 3.63) is 109 Å². The number of piperazine rings is 1. The Balaban J connectivity index is 0.731. The van der Waals surface area contributed by atoms with Crippen LogP contribution in [0.3, 0.4) is 0 Å². The van der Waals surface area contributed by atoms with Gasteiger partial charge in [0.1, 0.15) is 60.4 Å². The normalized spacial score (nSPS) is 18.4. The largest absolute Gasteiger partial charge is 0.492 e. The molecule has 2 fully saturated rings. The fourth-order valence-corrected chi connectivity index (χ4v) is 13.0. The van der Waals surface area contributed by atoms with E-state index >= 15 is 8.78 Å². The van der Waals surface area contributed by atoms with E-state index in [1.807, 2.05) is 26.1 Å². The summed E-state index contributed by atoms with van der Waals surface area (Å²) in [6.07, 6.45) is 1.32. The van der Waals surface area contributed by atoms with Crippen LogP contribution in [0.4, 0.5) is 24.4 Å². The quantitative estimate of drug-likeness (QED) is 0.0266. The van der Waals surface area contributed by atoms with E-state index < -0.39 is 47.9 Å². The number of guanidine groups is 1. The van der Waals surface area contributed by atoms with Gasteiger partial charge in [-0.1, -0.05) is 38.1 Å². The molecule has 0 radical (unpaired) electrons. The first-order valence-corrected chi connectivity index (χ1v) is 28.6. The number of pyridine rings is 2. The summed E-state index contributed by atoms with van der Waals surface area (Å²) in [7, 11) is 1.98. The van der Waals surface area contributed by atoms with Crippen molar-refractivity contribution < 1.29 is 47.2 Å². The zero-order chi connectivity index (χ0) is 60.2. The number of hydrogen-bond acceptors (Lipinski definition) is 19.